The maximum absolute atomic E-state index is 6.19. The number of halogens is 2. The summed E-state index contributed by atoms with van der Waals surface area (Å²) in [5.41, 5.74) is 2.32. The van der Waals surface area contributed by atoms with Crippen LogP contribution in [-0.4, -0.2) is 15.2 Å². The molecule has 0 aliphatic heterocycles. The van der Waals surface area contributed by atoms with Crippen LogP contribution in [0, 0.1) is 0 Å². The Morgan fingerprint density at radius 3 is 3.06 bits per heavy atom. The average molecular weight is 259 g/mol. The molecule has 1 aromatic heterocycles. The molecule has 0 saturated carbocycles. The van der Waals surface area contributed by atoms with Gasteiger partial charge in [0.05, 0.1) is 22.3 Å². The molecular formula is C12H16Cl2N2. The second kappa shape index (κ2) is 5.24. The minimum atomic E-state index is 0.143. The van der Waals surface area contributed by atoms with E-state index < -0.39 is 0 Å². The van der Waals surface area contributed by atoms with Crippen molar-refractivity contribution in [2.75, 3.05) is 0 Å². The molecule has 0 fully saturated rings. The molecule has 0 radical (unpaired) electrons. The third-order valence-electron chi connectivity index (χ3n) is 2.84. The van der Waals surface area contributed by atoms with E-state index in [1.807, 2.05) is 4.68 Å². The summed E-state index contributed by atoms with van der Waals surface area (Å²) in [6.45, 7) is 3.05. The van der Waals surface area contributed by atoms with Crippen molar-refractivity contribution >= 4 is 28.8 Å². The van der Waals surface area contributed by atoms with Gasteiger partial charge in [-0.15, -0.1) is 11.6 Å². The van der Waals surface area contributed by atoms with Crippen molar-refractivity contribution in [2.45, 2.75) is 44.5 Å². The van der Waals surface area contributed by atoms with E-state index in [4.69, 9.17) is 23.2 Å². The van der Waals surface area contributed by atoms with Crippen molar-refractivity contribution in [3.05, 3.63) is 23.0 Å². The van der Waals surface area contributed by atoms with Gasteiger partial charge in [-0.1, -0.05) is 24.6 Å². The zero-order valence-electron chi connectivity index (χ0n) is 9.42. The summed E-state index contributed by atoms with van der Waals surface area (Å²) in [5, 5.41) is 5.19. The van der Waals surface area contributed by atoms with Gasteiger partial charge in [0.1, 0.15) is 0 Å². The van der Waals surface area contributed by atoms with Crippen LogP contribution in [-0.2, 0) is 6.54 Å². The van der Waals surface area contributed by atoms with E-state index >= 15 is 0 Å². The zero-order chi connectivity index (χ0) is 11.5. The van der Waals surface area contributed by atoms with Crippen LogP contribution in [0.4, 0.5) is 0 Å². The number of allylic oxidation sites excluding steroid dienone is 2. The molecule has 1 atom stereocenters. The van der Waals surface area contributed by atoms with Gasteiger partial charge in [0, 0.05) is 6.54 Å². The normalized spacial score (nSPS) is 20.9. The first-order valence-corrected chi connectivity index (χ1v) is 6.60. The largest absolute Gasteiger partial charge is 0.264 e. The highest BCUT2D eigenvalue weighted by Crippen LogP contribution is 2.33. The summed E-state index contributed by atoms with van der Waals surface area (Å²) >= 11 is 12.4. The van der Waals surface area contributed by atoms with Crippen molar-refractivity contribution in [2.24, 2.45) is 0 Å². The summed E-state index contributed by atoms with van der Waals surface area (Å²) in [4.78, 5) is 0. The van der Waals surface area contributed by atoms with E-state index in [9.17, 15) is 0 Å². The van der Waals surface area contributed by atoms with E-state index in [0.717, 1.165) is 42.9 Å². The smallest absolute Gasteiger partial charge is 0.0862 e. The predicted molar refractivity (Wildman–Crippen MR) is 69.0 cm³/mol. The van der Waals surface area contributed by atoms with E-state index in [-0.39, 0.29) is 5.38 Å². The molecule has 88 valence electrons. The number of nitrogens with zero attached hydrogens (tertiary/aromatic N) is 2. The van der Waals surface area contributed by atoms with Crippen LogP contribution < -0.4 is 0 Å². The van der Waals surface area contributed by atoms with Gasteiger partial charge in [0.25, 0.3) is 0 Å². The molecule has 0 N–H and O–H groups in total. The maximum atomic E-state index is 6.19. The molecule has 1 aliphatic carbocycles. The lowest BCUT2D eigenvalue weighted by Gasteiger charge is -2.18. The topological polar surface area (TPSA) is 17.8 Å². The summed E-state index contributed by atoms with van der Waals surface area (Å²) in [6, 6.07) is 0. The number of hydrogen-bond acceptors (Lipinski definition) is 1. The Hall–Kier alpha value is -0.470. The van der Waals surface area contributed by atoms with E-state index in [0.29, 0.717) is 0 Å². The first-order valence-electron chi connectivity index (χ1n) is 5.78. The highest BCUT2D eigenvalue weighted by atomic mass is 35.5. The summed E-state index contributed by atoms with van der Waals surface area (Å²) in [6.07, 6.45) is 8.16. The highest BCUT2D eigenvalue weighted by molar-refractivity contribution is 6.32. The minimum absolute atomic E-state index is 0.143. The Balaban J connectivity index is 2.34. The fourth-order valence-electron chi connectivity index (χ4n) is 2.13. The van der Waals surface area contributed by atoms with Crippen molar-refractivity contribution < 1.29 is 0 Å². The third-order valence-corrected chi connectivity index (χ3v) is 3.46. The fraction of sp³-hybridized carbons (Fsp3) is 0.583. The fourth-order valence-corrected chi connectivity index (χ4v) is 2.70. The Morgan fingerprint density at radius 2 is 2.38 bits per heavy atom. The number of aromatic nitrogens is 2. The number of rotatable bonds is 3. The Kier molecular flexibility index (Phi) is 3.93. The van der Waals surface area contributed by atoms with E-state index in [1.54, 1.807) is 6.20 Å². The quantitative estimate of drug-likeness (QED) is 0.746. The number of hydrogen-bond donors (Lipinski definition) is 0. The minimum Gasteiger partial charge on any atom is -0.264 e. The summed E-state index contributed by atoms with van der Waals surface area (Å²) in [5.74, 6) is 0. The molecule has 2 nitrogen and oxygen atoms in total. The van der Waals surface area contributed by atoms with Crippen molar-refractivity contribution in [3.8, 4) is 0 Å². The van der Waals surface area contributed by atoms with Gasteiger partial charge in [-0.05, 0) is 31.3 Å². The van der Waals surface area contributed by atoms with Gasteiger partial charge >= 0.3 is 0 Å². The third kappa shape index (κ3) is 2.44. The van der Waals surface area contributed by atoms with Crippen LogP contribution in [0.1, 0.15) is 38.3 Å². The van der Waals surface area contributed by atoms with Crippen molar-refractivity contribution in [3.63, 3.8) is 0 Å². The Bertz CT molecular complexity index is 396. The van der Waals surface area contributed by atoms with Gasteiger partial charge in [-0.2, -0.15) is 5.10 Å². The highest BCUT2D eigenvalue weighted by Gasteiger charge is 2.18. The van der Waals surface area contributed by atoms with Crippen LogP contribution >= 0.6 is 23.2 Å². The molecule has 1 aromatic rings. The molecule has 1 aliphatic rings. The Morgan fingerprint density at radius 1 is 1.56 bits per heavy atom. The first-order chi connectivity index (χ1) is 7.72. The van der Waals surface area contributed by atoms with E-state index in [2.05, 4.69) is 18.1 Å². The lowest BCUT2D eigenvalue weighted by atomic mass is 9.97. The number of aryl methyl sites for hydroxylation is 1. The van der Waals surface area contributed by atoms with Gasteiger partial charge in [-0.3, -0.25) is 4.68 Å². The molecule has 0 saturated heterocycles. The first kappa shape index (κ1) is 12.0. The predicted octanol–water partition coefficient (Wildman–Crippen LogP) is 4.12. The maximum Gasteiger partial charge on any atom is 0.0862 e. The van der Waals surface area contributed by atoms with Crippen molar-refractivity contribution in [1.82, 2.24) is 9.78 Å². The second-order valence-corrected chi connectivity index (χ2v) is 5.13. The van der Waals surface area contributed by atoms with Crippen LogP contribution in [0.2, 0.25) is 5.02 Å². The van der Waals surface area contributed by atoms with Crippen LogP contribution in [0.25, 0.3) is 5.57 Å². The van der Waals surface area contributed by atoms with Gasteiger partial charge in [0.2, 0.25) is 0 Å². The monoisotopic (exact) mass is 258 g/mol. The van der Waals surface area contributed by atoms with Gasteiger partial charge in [0.15, 0.2) is 0 Å². The molecule has 4 heteroatoms. The molecular weight excluding hydrogens is 243 g/mol. The Labute approximate surface area is 106 Å². The van der Waals surface area contributed by atoms with E-state index in [1.165, 1.54) is 5.57 Å². The molecule has 0 amide bonds. The average Bonchev–Trinajstić information content (AvgIpc) is 2.60. The zero-order valence-corrected chi connectivity index (χ0v) is 10.9. The van der Waals surface area contributed by atoms with Crippen LogP contribution in [0.5, 0.6) is 0 Å². The molecule has 0 bridgehead atoms. The summed E-state index contributed by atoms with van der Waals surface area (Å²) < 4.78 is 1.99. The second-order valence-electron chi connectivity index (χ2n) is 4.16. The SMILES string of the molecule is CCCn1ncc(Cl)c1C1=CC(Cl)CCC1. The number of alkyl halides is 1. The molecule has 1 unspecified atom stereocenters. The van der Waals surface area contributed by atoms with Gasteiger partial charge < -0.3 is 0 Å². The lowest BCUT2D eigenvalue weighted by molar-refractivity contribution is 0.592. The standard InChI is InChI=1S/C12H16Cl2N2/c1-2-6-16-12(11(14)8-15-16)9-4-3-5-10(13)7-9/h7-8,10H,2-6H2,1H3. The molecule has 1 heterocycles. The molecule has 16 heavy (non-hydrogen) atoms. The molecule has 0 spiro atoms. The van der Waals surface area contributed by atoms with Crippen LogP contribution in [0.3, 0.4) is 0 Å². The van der Waals surface area contributed by atoms with Gasteiger partial charge in [-0.25, -0.2) is 0 Å². The summed E-state index contributed by atoms with van der Waals surface area (Å²) in [7, 11) is 0. The lowest BCUT2D eigenvalue weighted by Crippen LogP contribution is -2.09. The van der Waals surface area contributed by atoms with Crippen LogP contribution in [0.15, 0.2) is 12.3 Å². The molecule has 2 rings (SSSR count). The van der Waals surface area contributed by atoms with Crippen molar-refractivity contribution in [1.29, 1.82) is 0 Å². The molecule has 0 aromatic carbocycles.